The lowest BCUT2D eigenvalue weighted by Gasteiger charge is -2.18. The SMILES string of the molecule is COc1cccc(CN2CCC(N)C2)c1OC. The number of likely N-dealkylation sites (tertiary alicyclic amines) is 1. The van der Waals surface area contributed by atoms with Gasteiger partial charge in [-0.2, -0.15) is 0 Å². The smallest absolute Gasteiger partial charge is 0.165 e. The summed E-state index contributed by atoms with van der Waals surface area (Å²) in [7, 11) is 3.34. The Kier molecular flexibility index (Phi) is 3.86. The van der Waals surface area contributed by atoms with Crippen LogP contribution >= 0.6 is 0 Å². The molecule has 1 aromatic rings. The van der Waals surface area contributed by atoms with Crippen molar-refractivity contribution in [3.05, 3.63) is 23.8 Å². The van der Waals surface area contributed by atoms with Gasteiger partial charge in [-0.25, -0.2) is 0 Å². The second-order valence-electron chi connectivity index (χ2n) is 4.44. The number of ether oxygens (including phenoxy) is 2. The van der Waals surface area contributed by atoms with Gasteiger partial charge in [0.05, 0.1) is 14.2 Å². The molecule has 2 N–H and O–H groups in total. The van der Waals surface area contributed by atoms with Crippen molar-refractivity contribution >= 4 is 0 Å². The number of para-hydroxylation sites is 1. The van der Waals surface area contributed by atoms with Gasteiger partial charge in [-0.1, -0.05) is 12.1 Å². The number of methoxy groups -OCH3 is 2. The van der Waals surface area contributed by atoms with E-state index < -0.39 is 0 Å². The monoisotopic (exact) mass is 236 g/mol. The number of hydrogen-bond acceptors (Lipinski definition) is 4. The van der Waals surface area contributed by atoms with E-state index in [1.165, 1.54) is 0 Å². The standard InChI is InChI=1S/C13H20N2O2/c1-16-12-5-3-4-10(13(12)17-2)8-15-7-6-11(14)9-15/h3-5,11H,6-9,14H2,1-2H3. The molecule has 0 saturated carbocycles. The lowest BCUT2D eigenvalue weighted by Crippen LogP contribution is -2.26. The Balaban J connectivity index is 2.14. The molecule has 1 heterocycles. The van der Waals surface area contributed by atoms with Crippen LogP contribution in [-0.4, -0.2) is 38.3 Å². The molecule has 1 unspecified atom stereocenters. The van der Waals surface area contributed by atoms with Crippen molar-refractivity contribution in [2.75, 3.05) is 27.3 Å². The molecule has 0 spiro atoms. The Morgan fingerprint density at radius 2 is 2.18 bits per heavy atom. The first kappa shape index (κ1) is 12.2. The van der Waals surface area contributed by atoms with Crippen LogP contribution in [0.5, 0.6) is 11.5 Å². The van der Waals surface area contributed by atoms with Crippen LogP contribution in [0.25, 0.3) is 0 Å². The highest BCUT2D eigenvalue weighted by Crippen LogP contribution is 2.31. The highest BCUT2D eigenvalue weighted by Gasteiger charge is 2.20. The van der Waals surface area contributed by atoms with Crippen LogP contribution in [0.3, 0.4) is 0 Å². The highest BCUT2D eigenvalue weighted by atomic mass is 16.5. The van der Waals surface area contributed by atoms with Crippen molar-refractivity contribution in [2.45, 2.75) is 19.0 Å². The largest absolute Gasteiger partial charge is 0.493 e. The van der Waals surface area contributed by atoms with Crippen LogP contribution in [0.4, 0.5) is 0 Å². The van der Waals surface area contributed by atoms with E-state index in [1.54, 1.807) is 14.2 Å². The van der Waals surface area contributed by atoms with Crippen LogP contribution in [0.2, 0.25) is 0 Å². The summed E-state index contributed by atoms with van der Waals surface area (Å²) in [6, 6.07) is 6.29. The van der Waals surface area contributed by atoms with Crippen LogP contribution in [0, 0.1) is 0 Å². The van der Waals surface area contributed by atoms with Gasteiger partial charge in [0, 0.05) is 31.2 Å². The third-order valence-electron chi connectivity index (χ3n) is 3.19. The molecule has 0 radical (unpaired) electrons. The fraction of sp³-hybridized carbons (Fsp3) is 0.538. The summed E-state index contributed by atoms with van der Waals surface area (Å²) >= 11 is 0. The van der Waals surface area contributed by atoms with Crippen molar-refractivity contribution in [1.29, 1.82) is 0 Å². The first-order valence-corrected chi connectivity index (χ1v) is 5.92. The summed E-state index contributed by atoms with van der Waals surface area (Å²) in [6.07, 6.45) is 1.08. The van der Waals surface area contributed by atoms with Crippen LogP contribution in [-0.2, 0) is 6.54 Å². The van der Waals surface area contributed by atoms with Gasteiger partial charge in [-0.15, -0.1) is 0 Å². The van der Waals surface area contributed by atoms with Gasteiger partial charge in [-0.05, 0) is 12.5 Å². The molecule has 0 aromatic heterocycles. The first-order chi connectivity index (χ1) is 8.24. The molecule has 94 valence electrons. The lowest BCUT2D eigenvalue weighted by molar-refractivity contribution is 0.309. The summed E-state index contributed by atoms with van der Waals surface area (Å²) in [5.41, 5.74) is 7.06. The van der Waals surface area contributed by atoms with Crippen molar-refractivity contribution < 1.29 is 9.47 Å². The molecule has 0 aliphatic carbocycles. The summed E-state index contributed by atoms with van der Waals surface area (Å²) in [5.74, 6) is 1.61. The van der Waals surface area contributed by atoms with Gasteiger partial charge >= 0.3 is 0 Å². The molecule has 1 aliphatic heterocycles. The van der Waals surface area contributed by atoms with Crippen LogP contribution in [0.15, 0.2) is 18.2 Å². The topological polar surface area (TPSA) is 47.7 Å². The predicted octanol–water partition coefficient (Wildman–Crippen LogP) is 1.24. The van der Waals surface area contributed by atoms with Crippen LogP contribution < -0.4 is 15.2 Å². The summed E-state index contributed by atoms with van der Waals surface area (Å²) in [6.45, 7) is 2.88. The number of nitrogens with two attached hydrogens (primary N) is 1. The zero-order chi connectivity index (χ0) is 12.3. The van der Waals surface area contributed by atoms with E-state index in [0.717, 1.165) is 43.1 Å². The zero-order valence-electron chi connectivity index (χ0n) is 10.5. The van der Waals surface area contributed by atoms with Crippen molar-refractivity contribution in [2.24, 2.45) is 5.73 Å². The molecule has 17 heavy (non-hydrogen) atoms. The minimum atomic E-state index is 0.312. The summed E-state index contributed by atoms with van der Waals surface area (Å²) < 4.78 is 10.7. The maximum atomic E-state index is 5.91. The Labute approximate surface area is 102 Å². The molecule has 2 rings (SSSR count). The van der Waals surface area contributed by atoms with Crippen molar-refractivity contribution in [3.8, 4) is 11.5 Å². The Morgan fingerprint density at radius 1 is 1.35 bits per heavy atom. The fourth-order valence-corrected chi connectivity index (χ4v) is 2.33. The summed E-state index contributed by atoms with van der Waals surface area (Å²) in [4.78, 5) is 2.35. The number of hydrogen-bond donors (Lipinski definition) is 1. The number of benzene rings is 1. The van der Waals surface area contributed by atoms with Gasteiger partial charge in [0.1, 0.15) is 0 Å². The molecule has 4 nitrogen and oxygen atoms in total. The summed E-state index contributed by atoms with van der Waals surface area (Å²) in [5, 5.41) is 0. The van der Waals surface area contributed by atoms with E-state index in [4.69, 9.17) is 15.2 Å². The predicted molar refractivity (Wildman–Crippen MR) is 67.4 cm³/mol. The van der Waals surface area contributed by atoms with Gasteiger partial charge in [0.25, 0.3) is 0 Å². The van der Waals surface area contributed by atoms with Crippen molar-refractivity contribution in [3.63, 3.8) is 0 Å². The Bertz CT molecular complexity index is 382. The average Bonchev–Trinajstić information content (AvgIpc) is 2.74. The number of nitrogens with zero attached hydrogens (tertiary/aromatic N) is 1. The molecule has 0 amide bonds. The molecule has 0 bridgehead atoms. The quantitative estimate of drug-likeness (QED) is 0.854. The third-order valence-corrected chi connectivity index (χ3v) is 3.19. The van der Waals surface area contributed by atoms with E-state index in [-0.39, 0.29) is 0 Å². The molecular formula is C13H20N2O2. The first-order valence-electron chi connectivity index (χ1n) is 5.92. The Hall–Kier alpha value is -1.26. The van der Waals surface area contributed by atoms with Crippen LogP contribution in [0.1, 0.15) is 12.0 Å². The second kappa shape index (κ2) is 5.38. The minimum absolute atomic E-state index is 0.312. The molecule has 1 atom stereocenters. The van der Waals surface area contributed by atoms with E-state index in [9.17, 15) is 0 Å². The molecule has 1 saturated heterocycles. The molecule has 4 heteroatoms. The normalized spacial score (nSPS) is 20.5. The van der Waals surface area contributed by atoms with E-state index in [1.807, 2.05) is 12.1 Å². The molecule has 1 fully saturated rings. The Morgan fingerprint density at radius 3 is 2.76 bits per heavy atom. The molecule has 1 aliphatic rings. The van der Waals surface area contributed by atoms with Gasteiger partial charge in [-0.3, -0.25) is 4.90 Å². The van der Waals surface area contributed by atoms with Gasteiger partial charge in [0.2, 0.25) is 0 Å². The average molecular weight is 236 g/mol. The van der Waals surface area contributed by atoms with E-state index in [2.05, 4.69) is 11.0 Å². The van der Waals surface area contributed by atoms with E-state index in [0.29, 0.717) is 6.04 Å². The lowest BCUT2D eigenvalue weighted by atomic mass is 10.1. The van der Waals surface area contributed by atoms with Crippen molar-refractivity contribution in [1.82, 2.24) is 4.90 Å². The maximum Gasteiger partial charge on any atom is 0.165 e. The fourth-order valence-electron chi connectivity index (χ4n) is 2.33. The highest BCUT2D eigenvalue weighted by molar-refractivity contribution is 5.46. The maximum absolute atomic E-state index is 5.91. The van der Waals surface area contributed by atoms with Gasteiger partial charge < -0.3 is 15.2 Å². The second-order valence-corrected chi connectivity index (χ2v) is 4.44. The zero-order valence-corrected chi connectivity index (χ0v) is 10.5. The molecule has 1 aromatic carbocycles. The number of rotatable bonds is 4. The third kappa shape index (κ3) is 2.70. The van der Waals surface area contributed by atoms with Gasteiger partial charge in [0.15, 0.2) is 11.5 Å². The molecular weight excluding hydrogens is 216 g/mol. The van der Waals surface area contributed by atoms with E-state index >= 15 is 0 Å². The minimum Gasteiger partial charge on any atom is -0.493 e.